The molecule has 1 rings (SSSR count). The van der Waals surface area contributed by atoms with Gasteiger partial charge >= 0.3 is 0 Å². The maximum Gasteiger partial charge on any atom is 0.0725 e. The first-order valence-electron chi connectivity index (χ1n) is 6.74. The standard InChI is InChI=1S/C13H28N2O/c1-5-15(6-2)10-12(4)14-9-13-11(3)7-8-16-13/h11-14H,5-10H2,1-4H3. The molecule has 3 heteroatoms. The molecule has 1 saturated heterocycles. The summed E-state index contributed by atoms with van der Waals surface area (Å²) in [6.45, 7) is 14.3. The molecule has 0 aromatic carbocycles. The Hall–Kier alpha value is -0.120. The van der Waals surface area contributed by atoms with Gasteiger partial charge in [0, 0.05) is 25.7 Å². The predicted molar refractivity (Wildman–Crippen MR) is 68.8 cm³/mol. The molecular weight excluding hydrogens is 200 g/mol. The summed E-state index contributed by atoms with van der Waals surface area (Å²) < 4.78 is 5.70. The zero-order valence-corrected chi connectivity index (χ0v) is 11.3. The summed E-state index contributed by atoms with van der Waals surface area (Å²) in [5, 5.41) is 3.59. The van der Waals surface area contributed by atoms with Gasteiger partial charge in [0.05, 0.1) is 6.10 Å². The smallest absolute Gasteiger partial charge is 0.0725 e. The molecule has 3 unspecified atom stereocenters. The second-order valence-electron chi connectivity index (χ2n) is 4.97. The van der Waals surface area contributed by atoms with Gasteiger partial charge in [0.25, 0.3) is 0 Å². The monoisotopic (exact) mass is 228 g/mol. The normalized spacial score (nSPS) is 27.6. The first kappa shape index (κ1) is 13.9. The van der Waals surface area contributed by atoms with Crippen LogP contribution >= 0.6 is 0 Å². The van der Waals surface area contributed by atoms with Crippen LogP contribution < -0.4 is 5.32 Å². The van der Waals surface area contributed by atoms with E-state index in [0.717, 1.165) is 32.8 Å². The summed E-state index contributed by atoms with van der Waals surface area (Å²) in [5.41, 5.74) is 0. The number of hydrogen-bond acceptors (Lipinski definition) is 3. The van der Waals surface area contributed by atoms with Crippen molar-refractivity contribution in [2.75, 3.05) is 32.8 Å². The molecule has 3 nitrogen and oxygen atoms in total. The Morgan fingerprint density at radius 1 is 1.38 bits per heavy atom. The quantitative estimate of drug-likeness (QED) is 0.718. The van der Waals surface area contributed by atoms with E-state index in [4.69, 9.17) is 4.74 Å². The molecular formula is C13H28N2O. The summed E-state index contributed by atoms with van der Waals surface area (Å²) in [7, 11) is 0. The molecule has 1 fully saturated rings. The maximum absolute atomic E-state index is 5.70. The van der Waals surface area contributed by atoms with Gasteiger partial charge in [-0.3, -0.25) is 0 Å². The summed E-state index contributed by atoms with van der Waals surface area (Å²) in [6.07, 6.45) is 1.65. The SMILES string of the molecule is CCN(CC)CC(C)NCC1OCCC1C. The Kier molecular flexibility index (Phi) is 6.32. The minimum absolute atomic E-state index is 0.430. The maximum atomic E-state index is 5.70. The minimum Gasteiger partial charge on any atom is -0.377 e. The molecule has 0 bridgehead atoms. The molecule has 0 aromatic heterocycles. The summed E-state index contributed by atoms with van der Waals surface area (Å²) in [6, 6.07) is 0.552. The first-order valence-corrected chi connectivity index (χ1v) is 6.74. The number of ether oxygens (including phenoxy) is 1. The van der Waals surface area contributed by atoms with Crippen molar-refractivity contribution in [2.24, 2.45) is 5.92 Å². The highest BCUT2D eigenvalue weighted by Crippen LogP contribution is 2.19. The molecule has 0 aliphatic carbocycles. The lowest BCUT2D eigenvalue weighted by Gasteiger charge is -2.25. The van der Waals surface area contributed by atoms with Crippen molar-refractivity contribution in [1.82, 2.24) is 10.2 Å². The highest BCUT2D eigenvalue weighted by atomic mass is 16.5. The Balaban J connectivity index is 2.16. The summed E-state index contributed by atoms with van der Waals surface area (Å²) in [5.74, 6) is 0.716. The van der Waals surface area contributed by atoms with Crippen LogP contribution in [-0.2, 0) is 4.74 Å². The predicted octanol–water partition coefficient (Wildman–Crippen LogP) is 1.73. The summed E-state index contributed by atoms with van der Waals surface area (Å²) >= 11 is 0. The van der Waals surface area contributed by atoms with Crippen molar-refractivity contribution >= 4 is 0 Å². The van der Waals surface area contributed by atoms with E-state index in [1.54, 1.807) is 0 Å². The fourth-order valence-corrected chi connectivity index (χ4v) is 2.27. The molecule has 1 aliphatic heterocycles. The van der Waals surface area contributed by atoms with E-state index < -0.39 is 0 Å². The highest BCUT2D eigenvalue weighted by molar-refractivity contribution is 4.77. The van der Waals surface area contributed by atoms with Crippen LogP contribution in [0.15, 0.2) is 0 Å². The lowest BCUT2D eigenvalue weighted by Crippen LogP contribution is -2.42. The van der Waals surface area contributed by atoms with Gasteiger partial charge in [0.15, 0.2) is 0 Å². The third-order valence-electron chi connectivity index (χ3n) is 3.63. The average molecular weight is 228 g/mol. The second kappa shape index (κ2) is 7.25. The van der Waals surface area contributed by atoms with Gasteiger partial charge in [0.2, 0.25) is 0 Å². The van der Waals surface area contributed by atoms with Gasteiger partial charge in [0.1, 0.15) is 0 Å². The zero-order valence-electron chi connectivity index (χ0n) is 11.3. The van der Waals surface area contributed by atoms with Crippen LogP contribution in [0.5, 0.6) is 0 Å². The third-order valence-corrected chi connectivity index (χ3v) is 3.63. The molecule has 0 spiro atoms. The second-order valence-corrected chi connectivity index (χ2v) is 4.97. The van der Waals surface area contributed by atoms with E-state index in [2.05, 4.69) is 37.9 Å². The van der Waals surface area contributed by atoms with Gasteiger partial charge in [-0.1, -0.05) is 20.8 Å². The largest absolute Gasteiger partial charge is 0.377 e. The van der Waals surface area contributed by atoms with Crippen molar-refractivity contribution in [2.45, 2.75) is 46.3 Å². The van der Waals surface area contributed by atoms with Gasteiger partial charge in [-0.2, -0.15) is 0 Å². The van der Waals surface area contributed by atoms with Crippen LogP contribution in [-0.4, -0.2) is 49.8 Å². The van der Waals surface area contributed by atoms with Crippen LogP contribution in [0, 0.1) is 5.92 Å². The highest BCUT2D eigenvalue weighted by Gasteiger charge is 2.24. The number of nitrogens with one attached hydrogen (secondary N) is 1. The van der Waals surface area contributed by atoms with Crippen molar-refractivity contribution < 1.29 is 4.74 Å². The van der Waals surface area contributed by atoms with Gasteiger partial charge in [-0.05, 0) is 32.4 Å². The molecule has 96 valence electrons. The third kappa shape index (κ3) is 4.40. The number of nitrogens with zero attached hydrogens (tertiary/aromatic N) is 1. The van der Waals surface area contributed by atoms with Crippen LogP contribution in [0.25, 0.3) is 0 Å². The minimum atomic E-state index is 0.430. The molecule has 0 aromatic rings. The van der Waals surface area contributed by atoms with Gasteiger partial charge in [-0.15, -0.1) is 0 Å². The molecule has 0 saturated carbocycles. The van der Waals surface area contributed by atoms with Crippen LogP contribution in [0.4, 0.5) is 0 Å². The Morgan fingerprint density at radius 3 is 2.56 bits per heavy atom. The van der Waals surface area contributed by atoms with Crippen LogP contribution in [0.3, 0.4) is 0 Å². The molecule has 1 aliphatic rings. The molecule has 16 heavy (non-hydrogen) atoms. The van der Waals surface area contributed by atoms with Gasteiger partial charge < -0.3 is 15.0 Å². The van der Waals surface area contributed by atoms with E-state index in [0.29, 0.717) is 18.1 Å². The van der Waals surface area contributed by atoms with Crippen molar-refractivity contribution in [1.29, 1.82) is 0 Å². The molecule has 1 heterocycles. The zero-order chi connectivity index (χ0) is 12.0. The van der Waals surface area contributed by atoms with Crippen LogP contribution in [0.1, 0.15) is 34.1 Å². The molecule has 0 radical (unpaired) electrons. The fraction of sp³-hybridized carbons (Fsp3) is 1.00. The average Bonchev–Trinajstić information content (AvgIpc) is 2.69. The topological polar surface area (TPSA) is 24.5 Å². The number of likely N-dealkylation sites (N-methyl/N-ethyl adjacent to an activating group) is 1. The summed E-state index contributed by atoms with van der Waals surface area (Å²) in [4.78, 5) is 2.45. The van der Waals surface area contributed by atoms with E-state index in [9.17, 15) is 0 Å². The fourth-order valence-electron chi connectivity index (χ4n) is 2.27. The molecule has 0 amide bonds. The van der Waals surface area contributed by atoms with Crippen molar-refractivity contribution in [3.8, 4) is 0 Å². The van der Waals surface area contributed by atoms with E-state index in [1.165, 1.54) is 6.42 Å². The lowest BCUT2D eigenvalue weighted by atomic mass is 10.0. The van der Waals surface area contributed by atoms with E-state index in [1.807, 2.05) is 0 Å². The van der Waals surface area contributed by atoms with Gasteiger partial charge in [-0.25, -0.2) is 0 Å². The first-order chi connectivity index (χ1) is 7.67. The van der Waals surface area contributed by atoms with Crippen LogP contribution in [0.2, 0.25) is 0 Å². The molecule has 3 atom stereocenters. The number of rotatable bonds is 7. The van der Waals surface area contributed by atoms with E-state index in [-0.39, 0.29) is 0 Å². The Bertz CT molecular complexity index is 183. The Morgan fingerprint density at radius 2 is 2.06 bits per heavy atom. The Labute approximate surface area is 101 Å². The van der Waals surface area contributed by atoms with Crippen molar-refractivity contribution in [3.05, 3.63) is 0 Å². The number of hydrogen-bond donors (Lipinski definition) is 1. The lowest BCUT2D eigenvalue weighted by molar-refractivity contribution is 0.0897. The van der Waals surface area contributed by atoms with Crippen molar-refractivity contribution in [3.63, 3.8) is 0 Å². The molecule has 1 N–H and O–H groups in total. The van der Waals surface area contributed by atoms with E-state index >= 15 is 0 Å².